The number of anilines is 1. The van der Waals surface area contributed by atoms with E-state index < -0.39 is 0 Å². The minimum Gasteiger partial charge on any atom is -0.508 e. The molecule has 0 atom stereocenters. The zero-order chi connectivity index (χ0) is 13.8. The number of benzene rings is 1. The number of nitrogens with zero attached hydrogens (tertiary/aromatic N) is 1. The number of nitrogens with two attached hydrogens (primary N) is 1. The van der Waals surface area contributed by atoms with Crippen LogP contribution in [0.2, 0.25) is 0 Å². The molecule has 0 bridgehead atoms. The number of aromatic nitrogens is 1. The fourth-order valence-electron chi connectivity index (χ4n) is 1.70. The first-order valence-electron chi connectivity index (χ1n) is 5.83. The number of carbonyl (C=O) groups is 1. The largest absolute Gasteiger partial charge is 0.508 e. The Labute approximate surface area is 111 Å². The second-order valence-electron chi connectivity index (χ2n) is 4.32. The van der Waals surface area contributed by atoms with Crippen molar-refractivity contribution in [2.45, 2.75) is 13.5 Å². The van der Waals surface area contributed by atoms with E-state index in [1.54, 1.807) is 24.4 Å². The van der Waals surface area contributed by atoms with Crippen molar-refractivity contribution in [3.05, 3.63) is 53.3 Å². The minimum absolute atomic E-state index is 0.108. The summed E-state index contributed by atoms with van der Waals surface area (Å²) >= 11 is 0. The van der Waals surface area contributed by atoms with Crippen LogP contribution in [0.15, 0.2) is 36.7 Å². The number of amides is 1. The lowest BCUT2D eigenvalue weighted by Crippen LogP contribution is -2.23. The number of carbonyl (C=O) groups excluding carboxylic acids is 1. The number of pyridine rings is 1. The molecule has 1 amide bonds. The van der Waals surface area contributed by atoms with Crippen LogP contribution >= 0.6 is 0 Å². The molecule has 5 heteroatoms. The number of hydrogen-bond donors (Lipinski definition) is 3. The van der Waals surface area contributed by atoms with Crippen molar-refractivity contribution in [1.29, 1.82) is 0 Å². The Kier molecular flexibility index (Phi) is 3.66. The molecule has 0 aliphatic rings. The highest BCUT2D eigenvalue weighted by atomic mass is 16.3. The normalized spacial score (nSPS) is 10.2. The summed E-state index contributed by atoms with van der Waals surface area (Å²) in [4.78, 5) is 15.9. The molecule has 1 heterocycles. The summed E-state index contributed by atoms with van der Waals surface area (Å²) in [7, 11) is 0. The van der Waals surface area contributed by atoms with Gasteiger partial charge in [0.15, 0.2) is 0 Å². The molecule has 0 saturated heterocycles. The number of aromatic hydroxyl groups is 1. The van der Waals surface area contributed by atoms with E-state index in [1.165, 1.54) is 12.3 Å². The van der Waals surface area contributed by atoms with Crippen LogP contribution in [-0.4, -0.2) is 16.0 Å². The quantitative estimate of drug-likeness (QED) is 0.575. The van der Waals surface area contributed by atoms with Gasteiger partial charge in [0, 0.05) is 30.2 Å². The van der Waals surface area contributed by atoms with Crippen LogP contribution in [0.5, 0.6) is 5.75 Å². The summed E-state index contributed by atoms with van der Waals surface area (Å²) in [6, 6.07) is 6.49. The van der Waals surface area contributed by atoms with Crippen LogP contribution < -0.4 is 11.1 Å². The third-order valence-electron chi connectivity index (χ3n) is 2.68. The van der Waals surface area contributed by atoms with E-state index in [-0.39, 0.29) is 18.2 Å². The van der Waals surface area contributed by atoms with E-state index in [4.69, 9.17) is 5.73 Å². The average Bonchev–Trinajstić information content (AvgIpc) is 2.39. The molecule has 0 unspecified atom stereocenters. The molecule has 0 aliphatic heterocycles. The van der Waals surface area contributed by atoms with Gasteiger partial charge >= 0.3 is 0 Å². The van der Waals surface area contributed by atoms with Crippen LogP contribution in [0.3, 0.4) is 0 Å². The maximum Gasteiger partial charge on any atom is 0.253 e. The number of nitrogens with one attached hydrogen (secondary N) is 1. The average molecular weight is 257 g/mol. The topological polar surface area (TPSA) is 88.2 Å². The molecule has 19 heavy (non-hydrogen) atoms. The molecule has 0 spiro atoms. The number of phenols is 1. The molecule has 0 saturated carbocycles. The third kappa shape index (κ3) is 3.22. The van der Waals surface area contributed by atoms with Gasteiger partial charge in [-0.05, 0) is 36.8 Å². The summed E-state index contributed by atoms with van der Waals surface area (Å²) in [6.45, 7) is 2.08. The van der Waals surface area contributed by atoms with Gasteiger partial charge in [-0.1, -0.05) is 0 Å². The van der Waals surface area contributed by atoms with Crippen molar-refractivity contribution in [2.24, 2.45) is 0 Å². The predicted octanol–water partition coefficient (Wildman–Crippen LogP) is 1.61. The van der Waals surface area contributed by atoms with Crippen LogP contribution in [0.25, 0.3) is 0 Å². The number of phenolic OH excluding ortho intramolecular Hbond substituents is 1. The van der Waals surface area contributed by atoms with Crippen molar-refractivity contribution in [2.75, 3.05) is 5.73 Å². The molecule has 4 N–H and O–H groups in total. The highest BCUT2D eigenvalue weighted by Crippen LogP contribution is 2.19. The molecule has 0 fully saturated rings. The maximum atomic E-state index is 11.9. The number of hydrogen-bond acceptors (Lipinski definition) is 4. The first kappa shape index (κ1) is 12.9. The van der Waals surface area contributed by atoms with Gasteiger partial charge in [0.25, 0.3) is 5.91 Å². The smallest absolute Gasteiger partial charge is 0.253 e. The lowest BCUT2D eigenvalue weighted by molar-refractivity contribution is 0.0950. The molecule has 98 valence electrons. The lowest BCUT2D eigenvalue weighted by Gasteiger charge is -2.08. The second-order valence-corrected chi connectivity index (χ2v) is 4.32. The molecular formula is C14H15N3O2. The lowest BCUT2D eigenvalue weighted by atomic mass is 10.1. The first-order valence-corrected chi connectivity index (χ1v) is 5.83. The number of nitrogen functional groups attached to an aromatic ring is 1. The van der Waals surface area contributed by atoms with E-state index >= 15 is 0 Å². The molecule has 1 aromatic carbocycles. The second kappa shape index (κ2) is 5.39. The van der Waals surface area contributed by atoms with Gasteiger partial charge in [0.05, 0.1) is 5.56 Å². The summed E-state index contributed by atoms with van der Waals surface area (Å²) in [5.74, 6) is -0.130. The summed E-state index contributed by atoms with van der Waals surface area (Å²) in [5.41, 5.74) is 8.16. The first-order chi connectivity index (χ1) is 9.06. The van der Waals surface area contributed by atoms with E-state index in [1.807, 2.05) is 6.92 Å². The zero-order valence-corrected chi connectivity index (χ0v) is 10.6. The van der Waals surface area contributed by atoms with Gasteiger partial charge in [-0.2, -0.15) is 0 Å². The van der Waals surface area contributed by atoms with Gasteiger partial charge in [-0.3, -0.25) is 9.78 Å². The van der Waals surface area contributed by atoms with Crippen LogP contribution in [0.1, 0.15) is 21.5 Å². The summed E-state index contributed by atoms with van der Waals surface area (Å²) in [6.07, 6.45) is 3.18. The van der Waals surface area contributed by atoms with Crippen molar-refractivity contribution in [3.8, 4) is 5.75 Å². The van der Waals surface area contributed by atoms with E-state index in [2.05, 4.69) is 10.3 Å². The van der Waals surface area contributed by atoms with Crippen molar-refractivity contribution >= 4 is 11.6 Å². The van der Waals surface area contributed by atoms with Crippen molar-refractivity contribution in [3.63, 3.8) is 0 Å². The molecular weight excluding hydrogens is 242 g/mol. The molecule has 2 rings (SSSR count). The Bertz CT molecular complexity index is 611. The highest BCUT2D eigenvalue weighted by Gasteiger charge is 2.08. The van der Waals surface area contributed by atoms with E-state index in [0.717, 1.165) is 5.56 Å². The predicted molar refractivity (Wildman–Crippen MR) is 72.7 cm³/mol. The van der Waals surface area contributed by atoms with Crippen LogP contribution in [-0.2, 0) is 6.54 Å². The Balaban J connectivity index is 2.06. The molecule has 2 aromatic rings. The maximum absolute atomic E-state index is 11.9. The van der Waals surface area contributed by atoms with E-state index in [0.29, 0.717) is 16.8 Å². The SMILES string of the molecule is Cc1cncc(C(=O)NCc2cc(N)ccc2O)c1. The van der Waals surface area contributed by atoms with Gasteiger partial charge in [-0.25, -0.2) is 0 Å². The molecule has 0 aliphatic carbocycles. The third-order valence-corrected chi connectivity index (χ3v) is 2.68. The zero-order valence-electron chi connectivity index (χ0n) is 10.6. The van der Waals surface area contributed by atoms with Gasteiger partial charge < -0.3 is 16.2 Å². The Hall–Kier alpha value is -2.56. The Morgan fingerprint density at radius 1 is 1.37 bits per heavy atom. The van der Waals surface area contributed by atoms with Gasteiger partial charge in [0.1, 0.15) is 5.75 Å². The van der Waals surface area contributed by atoms with Crippen molar-refractivity contribution in [1.82, 2.24) is 10.3 Å². The standard InChI is InChI=1S/C14H15N3O2/c1-9-4-11(7-16-6-9)14(19)17-8-10-5-12(15)2-3-13(10)18/h2-7,18H,8,15H2,1H3,(H,17,19). The van der Waals surface area contributed by atoms with Crippen molar-refractivity contribution < 1.29 is 9.90 Å². The van der Waals surface area contributed by atoms with Gasteiger partial charge in [-0.15, -0.1) is 0 Å². The summed E-state index contributed by atoms with van der Waals surface area (Å²) < 4.78 is 0. The molecule has 0 radical (unpaired) electrons. The highest BCUT2D eigenvalue weighted by molar-refractivity contribution is 5.94. The minimum atomic E-state index is -0.238. The Morgan fingerprint density at radius 3 is 2.89 bits per heavy atom. The van der Waals surface area contributed by atoms with Gasteiger partial charge in [0.2, 0.25) is 0 Å². The van der Waals surface area contributed by atoms with E-state index in [9.17, 15) is 9.90 Å². The number of aryl methyl sites for hydroxylation is 1. The monoisotopic (exact) mass is 257 g/mol. The fraction of sp³-hybridized carbons (Fsp3) is 0.143. The Morgan fingerprint density at radius 2 is 2.16 bits per heavy atom. The molecule has 5 nitrogen and oxygen atoms in total. The molecule has 1 aromatic heterocycles. The number of rotatable bonds is 3. The van der Waals surface area contributed by atoms with Crippen LogP contribution in [0.4, 0.5) is 5.69 Å². The fourth-order valence-corrected chi connectivity index (χ4v) is 1.70. The summed E-state index contributed by atoms with van der Waals surface area (Å²) in [5, 5.41) is 12.4. The van der Waals surface area contributed by atoms with Crippen LogP contribution in [0, 0.1) is 6.92 Å².